The van der Waals surface area contributed by atoms with Crippen molar-refractivity contribution in [3.05, 3.63) is 73.3 Å². The molecular formula is C25H26FN7O2. The summed E-state index contributed by atoms with van der Waals surface area (Å²) >= 11 is 0. The number of benzene rings is 2. The van der Waals surface area contributed by atoms with Crippen molar-refractivity contribution >= 4 is 16.9 Å². The number of rotatable bonds is 7. The Balaban J connectivity index is 1.46. The molecule has 0 saturated carbocycles. The molecule has 0 spiro atoms. The average Bonchev–Trinajstić information content (AvgIpc) is 3.27. The number of halogens is 1. The van der Waals surface area contributed by atoms with E-state index in [9.17, 15) is 9.50 Å². The van der Waals surface area contributed by atoms with E-state index in [1.165, 1.54) is 18.5 Å². The van der Waals surface area contributed by atoms with Gasteiger partial charge in [-0.25, -0.2) is 29.5 Å². The second-order valence-electron chi connectivity index (χ2n) is 8.36. The van der Waals surface area contributed by atoms with Crippen molar-refractivity contribution in [1.29, 1.82) is 0 Å². The van der Waals surface area contributed by atoms with Gasteiger partial charge in [-0.2, -0.15) is 5.10 Å². The Bertz CT molecular complexity index is 1340. The second-order valence-corrected chi connectivity index (χ2v) is 8.36. The van der Waals surface area contributed by atoms with Crippen LogP contribution in [0.3, 0.4) is 0 Å². The third-order valence-corrected chi connectivity index (χ3v) is 5.99. The van der Waals surface area contributed by atoms with Gasteiger partial charge in [0.05, 0.1) is 11.4 Å². The normalized spacial score (nSPS) is 17.4. The summed E-state index contributed by atoms with van der Waals surface area (Å²) in [5, 5.41) is 17.4. The number of hydrogen-bond donors (Lipinski definition) is 3. The molecule has 9 nitrogen and oxygen atoms in total. The molecule has 2 aromatic heterocycles. The summed E-state index contributed by atoms with van der Waals surface area (Å²) in [4.78, 5) is 8.67. The van der Waals surface area contributed by atoms with Crippen LogP contribution >= 0.6 is 0 Å². The quantitative estimate of drug-likeness (QED) is 0.274. The SMILES string of the molecule is C=CC(O)NN1CCCC(n2nc(-c3ccc(Oc4ccccc4F)cc3)c3c(N)ncnc32)C1. The Morgan fingerprint density at radius 3 is 2.77 bits per heavy atom. The Morgan fingerprint density at radius 2 is 2.00 bits per heavy atom. The third kappa shape index (κ3) is 4.72. The van der Waals surface area contributed by atoms with Gasteiger partial charge in [-0.3, -0.25) is 0 Å². The van der Waals surface area contributed by atoms with Gasteiger partial charge >= 0.3 is 0 Å². The van der Waals surface area contributed by atoms with Crippen molar-refractivity contribution < 1.29 is 14.2 Å². The van der Waals surface area contributed by atoms with Crippen LogP contribution in [0.15, 0.2) is 67.5 Å². The van der Waals surface area contributed by atoms with E-state index in [0.717, 1.165) is 24.9 Å². The minimum atomic E-state index is -0.818. The predicted octanol–water partition coefficient (Wildman–Crippen LogP) is 3.65. The molecule has 2 atom stereocenters. The molecule has 180 valence electrons. The molecule has 35 heavy (non-hydrogen) atoms. The van der Waals surface area contributed by atoms with E-state index in [-0.39, 0.29) is 11.8 Å². The number of nitrogens with two attached hydrogens (primary N) is 1. The fraction of sp³-hybridized carbons (Fsp3) is 0.240. The Hall–Kier alpha value is -3.86. The molecule has 1 fully saturated rings. The molecule has 0 amide bonds. The van der Waals surface area contributed by atoms with Crippen molar-refractivity contribution in [2.75, 3.05) is 18.8 Å². The molecule has 0 radical (unpaired) electrons. The number of nitrogens with zero attached hydrogens (tertiary/aromatic N) is 5. The summed E-state index contributed by atoms with van der Waals surface area (Å²) in [6.07, 6.45) is 3.88. The van der Waals surface area contributed by atoms with Gasteiger partial charge in [0, 0.05) is 18.7 Å². The number of ether oxygens (including phenoxy) is 1. The molecule has 1 aliphatic rings. The Morgan fingerprint density at radius 1 is 1.20 bits per heavy atom. The maximum Gasteiger partial charge on any atom is 0.165 e. The van der Waals surface area contributed by atoms with E-state index in [0.29, 0.717) is 34.8 Å². The minimum absolute atomic E-state index is 0.0162. The van der Waals surface area contributed by atoms with Gasteiger partial charge in [0.15, 0.2) is 17.2 Å². The molecule has 4 N–H and O–H groups in total. The highest BCUT2D eigenvalue weighted by molar-refractivity contribution is 5.98. The number of aliphatic hydroxyl groups excluding tert-OH is 1. The van der Waals surface area contributed by atoms with Crippen LogP contribution in [0.4, 0.5) is 10.2 Å². The van der Waals surface area contributed by atoms with E-state index in [2.05, 4.69) is 22.0 Å². The van der Waals surface area contributed by atoms with Crippen LogP contribution in [0, 0.1) is 5.82 Å². The zero-order valence-electron chi connectivity index (χ0n) is 19.0. The van der Waals surface area contributed by atoms with Crippen LogP contribution in [0.2, 0.25) is 0 Å². The number of hydrogen-bond acceptors (Lipinski definition) is 8. The maximum absolute atomic E-state index is 13.9. The van der Waals surface area contributed by atoms with E-state index in [1.54, 1.807) is 30.3 Å². The van der Waals surface area contributed by atoms with Gasteiger partial charge in [-0.1, -0.05) is 18.7 Å². The summed E-state index contributed by atoms with van der Waals surface area (Å²) in [5.41, 5.74) is 11.4. The number of para-hydroxylation sites is 1. The zero-order valence-corrected chi connectivity index (χ0v) is 19.0. The molecular weight excluding hydrogens is 449 g/mol. The fourth-order valence-electron chi connectivity index (χ4n) is 4.30. The van der Waals surface area contributed by atoms with Gasteiger partial charge in [-0.15, -0.1) is 0 Å². The van der Waals surface area contributed by atoms with E-state index in [1.807, 2.05) is 21.8 Å². The largest absolute Gasteiger partial charge is 0.454 e. The van der Waals surface area contributed by atoms with Crippen LogP contribution in [0.25, 0.3) is 22.3 Å². The lowest BCUT2D eigenvalue weighted by atomic mass is 10.1. The number of aromatic nitrogens is 4. The van der Waals surface area contributed by atoms with Gasteiger partial charge in [0.2, 0.25) is 0 Å². The highest BCUT2D eigenvalue weighted by Gasteiger charge is 2.27. The van der Waals surface area contributed by atoms with Crippen molar-refractivity contribution in [1.82, 2.24) is 30.2 Å². The van der Waals surface area contributed by atoms with Crippen molar-refractivity contribution in [2.45, 2.75) is 25.1 Å². The molecule has 1 saturated heterocycles. The summed E-state index contributed by atoms with van der Waals surface area (Å²) in [5.74, 6) is 0.574. The smallest absolute Gasteiger partial charge is 0.165 e. The minimum Gasteiger partial charge on any atom is -0.454 e. The average molecular weight is 476 g/mol. The summed E-state index contributed by atoms with van der Waals surface area (Å²) < 4.78 is 21.5. The van der Waals surface area contributed by atoms with Crippen LogP contribution in [0.1, 0.15) is 18.9 Å². The molecule has 0 bridgehead atoms. The number of aliphatic hydroxyl groups is 1. The Labute approximate surface area is 201 Å². The highest BCUT2D eigenvalue weighted by atomic mass is 19.1. The van der Waals surface area contributed by atoms with Crippen LogP contribution in [-0.2, 0) is 0 Å². The number of nitrogens with one attached hydrogen (secondary N) is 1. The van der Waals surface area contributed by atoms with E-state index in [4.69, 9.17) is 15.6 Å². The number of fused-ring (bicyclic) bond motifs is 1. The first kappa shape index (κ1) is 22.9. The number of hydrazine groups is 1. The van der Waals surface area contributed by atoms with Gasteiger partial charge in [0.25, 0.3) is 0 Å². The van der Waals surface area contributed by atoms with Gasteiger partial charge < -0.3 is 15.6 Å². The first-order valence-electron chi connectivity index (χ1n) is 11.4. The van der Waals surface area contributed by atoms with Crippen molar-refractivity contribution in [2.24, 2.45) is 0 Å². The molecule has 3 heterocycles. The van der Waals surface area contributed by atoms with Crippen LogP contribution < -0.4 is 15.9 Å². The summed E-state index contributed by atoms with van der Waals surface area (Å²) in [6.45, 7) is 5.03. The van der Waals surface area contributed by atoms with Gasteiger partial charge in [-0.05, 0) is 55.3 Å². The topological polar surface area (TPSA) is 114 Å². The van der Waals surface area contributed by atoms with Crippen LogP contribution in [-0.4, -0.2) is 49.2 Å². The lowest BCUT2D eigenvalue weighted by molar-refractivity contribution is 0.0352. The van der Waals surface area contributed by atoms with Crippen molar-refractivity contribution in [3.63, 3.8) is 0 Å². The number of anilines is 1. The third-order valence-electron chi connectivity index (χ3n) is 5.99. The second kappa shape index (κ2) is 9.79. The van der Waals surface area contributed by atoms with E-state index >= 15 is 0 Å². The zero-order chi connectivity index (χ0) is 24.4. The molecule has 5 rings (SSSR count). The highest BCUT2D eigenvalue weighted by Crippen LogP contribution is 2.35. The van der Waals surface area contributed by atoms with Gasteiger partial charge in [0.1, 0.15) is 29.8 Å². The fourth-order valence-corrected chi connectivity index (χ4v) is 4.30. The van der Waals surface area contributed by atoms with E-state index < -0.39 is 12.0 Å². The molecule has 4 aromatic rings. The number of piperidine rings is 1. The number of nitrogen functional groups attached to an aromatic ring is 1. The molecule has 1 aliphatic heterocycles. The Kier molecular flexibility index (Phi) is 6.41. The maximum atomic E-state index is 13.9. The molecule has 0 aliphatic carbocycles. The first-order chi connectivity index (χ1) is 17.0. The predicted molar refractivity (Wildman–Crippen MR) is 131 cm³/mol. The molecule has 10 heteroatoms. The van der Waals surface area contributed by atoms with Crippen LogP contribution in [0.5, 0.6) is 11.5 Å². The summed E-state index contributed by atoms with van der Waals surface area (Å²) in [6, 6.07) is 13.5. The molecule has 2 unspecified atom stereocenters. The summed E-state index contributed by atoms with van der Waals surface area (Å²) in [7, 11) is 0. The first-order valence-corrected chi connectivity index (χ1v) is 11.4. The van der Waals surface area contributed by atoms with Crippen molar-refractivity contribution in [3.8, 4) is 22.8 Å². The lowest BCUT2D eigenvalue weighted by Gasteiger charge is -2.34. The molecule has 2 aromatic carbocycles. The lowest BCUT2D eigenvalue weighted by Crippen LogP contribution is -2.49. The standard InChI is InChI=1S/C25H26FN7O2/c1-2-21(34)30-32-13-5-6-17(14-32)33-25-22(24(27)28-15-29-25)23(31-33)16-9-11-18(12-10-16)35-20-8-4-3-7-19(20)26/h2-4,7-12,15,17,21,30,34H,1,5-6,13-14H2,(H2,27,28,29). The monoisotopic (exact) mass is 475 g/mol.